The van der Waals surface area contributed by atoms with Gasteiger partial charge in [0.05, 0.1) is 11.3 Å². The van der Waals surface area contributed by atoms with E-state index in [0.717, 1.165) is 6.42 Å². The van der Waals surface area contributed by atoms with Crippen LogP contribution in [-0.2, 0) is 4.79 Å². The van der Waals surface area contributed by atoms with E-state index in [1.165, 1.54) is 6.07 Å². The van der Waals surface area contributed by atoms with Crippen molar-refractivity contribution in [2.75, 3.05) is 12.3 Å². The highest BCUT2D eigenvalue weighted by molar-refractivity contribution is 5.97. The molecule has 0 heterocycles. The van der Waals surface area contributed by atoms with Gasteiger partial charge in [0, 0.05) is 6.04 Å². The number of nitrogen functional groups attached to an aromatic ring is 1. The van der Waals surface area contributed by atoms with E-state index in [9.17, 15) is 9.59 Å². The molecule has 0 aliphatic carbocycles. The molecule has 0 aliphatic heterocycles. The Morgan fingerprint density at radius 3 is 2.68 bits per heavy atom. The van der Waals surface area contributed by atoms with E-state index in [0.29, 0.717) is 0 Å². The number of hydrogen-bond donors (Lipinski definition) is 3. The van der Waals surface area contributed by atoms with Crippen LogP contribution in [-0.4, -0.2) is 24.5 Å². The fourth-order valence-electron chi connectivity index (χ4n) is 1.47. The van der Waals surface area contributed by atoms with Gasteiger partial charge in [-0.05, 0) is 25.5 Å². The van der Waals surface area contributed by atoms with Crippen LogP contribution in [0, 0.1) is 0 Å². The predicted molar refractivity (Wildman–Crippen MR) is 72.8 cm³/mol. The van der Waals surface area contributed by atoms with Gasteiger partial charge in [-0.1, -0.05) is 13.0 Å². The molecule has 0 spiro atoms. The first kappa shape index (κ1) is 14.8. The van der Waals surface area contributed by atoms with Gasteiger partial charge in [-0.15, -0.1) is 0 Å². The van der Waals surface area contributed by atoms with E-state index in [1.54, 1.807) is 12.1 Å². The molecule has 1 unspecified atom stereocenters. The zero-order valence-electron chi connectivity index (χ0n) is 11.1. The molecule has 0 radical (unpaired) electrons. The minimum atomic E-state index is -0.648. The van der Waals surface area contributed by atoms with Gasteiger partial charge in [-0.25, -0.2) is 0 Å². The molecule has 104 valence electrons. The Balaban J connectivity index is 2.72. The molecular weight excluding hydrogens is 246 g/mol. The standard InChI is InChI=1S/C13H19N3O3/c1-3-8(2)16-11(17)7-19-12-9(13(15)18)5-4-6-10(12)14/h4-6,8H,3,7,14H2,1-2H3,(H2,15,18)(H,16,17). The quantitative estimate of drug-likeness (QED) is 0.657. The third kappa shape index (κ3) is 4.17. The van der Waals surface area contributed by atoms with Crippen molar-refractivity contribution in [3.63, 3.8) is 0 Å². The van der Waals surface area contributed by atoms with Crippen molar-refractivity contribution < 1.29 is 14.3 Å². The summed E-state index contributed by atoms with van der Waals surface area (Å²) in [5.41, 5.74) is 11.4. The molecule has 5 N–H and O–H groups in total. The van der Waals surface area contributed by atoms with E-state index in [2.05, 4.69) is 5.32 Å². The van der Waals surface area contributed by atoms with Crippen LogP contribution in [0.2, 0.25) is 0 Å². The first-order chi connectivity index (χ1) is 8.95. The maximum atomic E-state index is 11.6. The maximum absolute atomic E-state index is 11.6. The number of para-hydroxylation sites is 1. The zero-order chi connectivity index (χ0) is 14.4. The van der Waals surface area contributed by atoms with Crippen LogP contribution in [0.5, 0.6) is 5.75 Å². The number of nitrogens with two attached hydrogens (primary N) is 2. The van der Waals surface area contributed by atoms with Crippen molar-refractivity contribution in [1.82, 2.24) is 5.32 Å². The fourth-order valence-corrected chi connectivity index (χ4v) is 1.47. The number of primary amides is 1. The van der Waals surface area contributed by atoms with Gasteiger partial charge < -0.3 is 21.5 Å². The molecule has 1 rings (SSSR count). The summed E-state index contributed by atoms with van der Waals surface area (Å²) < 4.78 is 5.30. The van der Waals surface area contributed by atoms with Crippen molar-refractivity contribution in [3.05, 3.63) is 23.8 Å². The number of ether oxygens (including phenoxy) is 1. The Kier molecular flexibility index (Phi) is 5.17. The van der Waals surface area contributed by atoms with Crippen LogP contribution in [0.25, 0.3) is 0 Å². The van der Waals surface area contributed by atoms with E-state index in [-0.39, 0.29) is 35.6 Å². The smallest absolute Gasteiger partial charge is 0.258 e. The lowest BCUT2D eigenvalue weighted by Crippen LogP contribution is -2.35. The molecule has 2 amide bonds. The van der Waals surface area contributed by atoms with Crippen molar-refractivity contribution in [2.45, 2.75) is 26.3 Å². The number of benzene rings is 1. The van der Waals surface area contributed by atoms with Crippen LogP contribution in [0.3, 0.4) is 0 Å². The molecule has 6 nitrogen and oxygen atoms in total. The first-order valence-electron chi connectivity index (χ1n) is 6.06. The Bertz CT molecular complexity index is 474. The molecule has 1 aromatic rings. The summed E-state index contributed by atoms with van der Waals surface area (Å²) in [6.45, 7) is 3.65. The first-order valence-corrected chi connectivity index (χ1v) is 6.06. The van der Waals surface area contributed by atoms with Crippen LogP contribution < -0.4 is 21.5 Å². The van der Waals surface area contributed by atoms with Crippen LogP contribution >= 0.6 is 0 Å². The summed E-state index contributed by atoms with van der Waals surface area (Å²) in [5.74, 6) is -0.771. The average molecular weight is 265 g/mol. The van der Waals surface area contributed by atoms with Gasteiger partial charge in [-0.2, -0.15) is 0 Å². The minimum absolute atomic E-state index is 0.0693. The van der Waals surface area contributed by atoms with Crippen LogP contribution in [0.4, 0.5) is 5.69 Å². The van der Waals surface area contributed by atoms with E-state index in [1.807, 2.05) is 13.8 Å². The van der Waals surface area contributed by atoms with Crippen LogP contribution in [0.15, 0.2) is 18.2 Å². The summed E-state index contributed by atoms with van der Waals surface area (Å²) in [5, 5.41) is 2.75. The Morgan fingerprint density at radius 2 is 2.11 bits per heavy atom. The maximum Gasteiger partial charge on any atom is 0.258 e. The van der Waals surface area contributed by atoms with Crippen LogP contribution in [0.1, 0.15) is 30.6 Å². The molecule has 0 saturated heterocycles. The summed E-state index contributed by atoms with van der Waals surface area (Å²) in [7, 11) is 0. The third-order valence-electron chi connectivity index (χ3n) is 2.68. The molecule has 0 aliphatic rings. The minimum Gasteiger partial charge on any atom is -0.481 e. The van der Waals surface area contributed by atoms with Crippen molar-refractivity contribution >= 4 is 17.5 Å². The molecule has 0 fully saturated rings. The van der Waals surface area contributed by atoms with Gasteiger partial charge in [0.2, 0.25) is 0 Å². The second kappa shape index (κ2) is 6.63. The summed E-state index contributed by atoms with van der Waals surface area (Å²) in [6.07, 6.45) is 0.825. The molecule has 1 aromatic carbocycles. The molecular formula is C13H19N3O3. The summed E-state index contributed by atoms with van der Waals surface area (Å²) in [4.78, 5) is 22.8. The normalized spacial score (nSPS) is 11.7. The highest BCUT2D eigenvalue weighted by atomic mass is 16.5. The van der Waals surface area contributed by atoms with Gasteiger partial charge in [0.25, 0.3) is 11.8 Å². The second-order valence-electron chi connectivity index (χ2n) is 4.25. The average Bonchev–Trinajstić information content (AvgIpc) is 2.36. The zero-order valence-corrected chi connectivity index (χ0v) is 11.1. The van der Waals surface area contributed by atoms with E-state index in [4.69, 9.17) is 16.2 Å². The highest BCUT2D eigenvalue weighted by Crippen LogP contribution is 2.25. The molecule has 0 aromatic heterocycles. The summed E-state index contributed by atoms with van der Waals surface area (Å²) in [6, 6.07) is 4.75. The SMILES string of the molecule is CCC(C)NC(=O)COc1c(N)cccc1C(N)=O. The second-order valence-corrected chi connectivity index (χ2v) is 4.25. The number of amides is 2. The monoisotopic (exact) mass is 265 g/mol. The number of nitrogens with one attached hydrogen (secondary N) is 1. The number of rotatable bonds is 6. The lowest BCUT2D eigenvalue weighted by Gasteiger charge is -2.14. The van der Waals surface area contributed by atoms with Gasteiger partial charge in [0.15, 0.2) is 12.4 Å². The number of hydrogen-bond acceptors (Lipinski definition) is 4. The molecule has 1 atom stereocenters. The predicted octanol–water partition coefficient (Wildman–Crippen LogP) is 0.661. The largest absolute Gasteiger partial charge is 0.481 e. The third-order valence-corrected chi connectivity index (χ3v) is 2.68. The van der Waals surface area contributed by atoms with Crippen molar-refractivity contribution in [2.24, 2.45) is 5.73 Å². The van der Waals surface area contributed by atoms with Gasteiger partial charge in [-0.3, -0.25) is 9.59 Å². The molecule has 0 saturated carbocycles. The fraction of sp³-hybridized carbons (Fsp3) is 0.385. The topological polar surface area (TPSA) is 107 Å². The molecule has 19 heavy (non-hydrogen) atoms. The lowest BCUT2D eigenvalue weighted by atomic mass is 10.1. The van der Waals surface area contributed by atoms with E-state index < -0.39 is 5.91 Å². The molecule has 0 bridgehead atoms. The van der Waals surface area contributed by atoms with Crippen molar-refractivity contribution in [1.29, 1.82) is 0 Å². The lowest BCUT2D eigenvalue weighted by molar-refractivity contribution is -0.123. The van der Waals surface area contributed by atoms with Gasteiger partial charge in [0.1, 0.15) is 0 Å². The molecule has 6 heteroatoms. The Morgan fingerprint density at radius 1 is 1.42 bits per heavy atom. The van der Waals surface area contributed by atoms with Crippen molar-refractivity contribution in [3.8, 4) is 5.75 Å². The highest BCUT2D eigenvalue weighted by Gasteiger charge is 2.14. The Labute approximate surface area is 112 Å². The van der Waals surface area contributed by atoms with Gasteiger partial charge >= 0.3 is 0 Å². The number of carbonyl (C=O) groups excluding carboxylic acids is 2. The summed E-state index contributed by atoms with van der Waals surface area (Å²) >= 11 is 0. The number of carbonyl (C=O) groups is 2. The Hall–Kier alpha value is -2.24. The number of anilines is 1. The van der Waals surface area contributed by atoms with E-state index >= 15 is 0 Å².